The summed E-state index contributed by atoms with van der Waals surface area (Å²) < 4.78 is 1.97. The Bertz CT molecular complexity index is 571. The van der Waals surface area contributed by atoms with E-state index in [1.165, 1.54) is 0 Å². The maximum Gasteiger partial charge on any atom is 0.331 e. The SMILES string of the molecule is C/C(=C\c1cccc(Cn2ccnc2)c1)C(=O)O. The van der Waals surface area contributed by atoms with Crippen molar-refractivity contribution in [1.29, 1.82) is 0 Å². The number of hydrogen-bond donors (Lipinski definition) is 1. The molecule has 0 bridgehead atoms. The minimum Gasteiger partial charge on any atom is -0.478 e. The molecule has 1 aromatic carbocycles. The van der Waals surface area contributed by atoms with Crippen LogP contribution in [-0.4, -0.2) is 20.6 Å². The molecule has 0 amide bonds. The summed E-state index contributed by atoms with van der Waals surface area (Å²) in [5, 5.41) is 8.84. The Balaban J connectivity index is 2.20. The van der Waals surface area contributed by atoms with Crippen LogP contribution < -0.4 is 0 Å². The Kier molecular flexibility index (Phi) is 3.57. The fourth-order valence-corrected chi connectivity index (χ4v) is 1.68. The second-order valence-corrected chi connectivity index (χ2v) is 4.11. The standard InChI is InChI=1S/C14H14N2O2/c1-11(14(17)18)7-12-3-2-4-13(8-12)9-16-6-5-15-10-16/h2-8,10H,9H2,1H3,(H,17,18)/b11-7+. The summed E-state index contributed by atoms with van der Waals surface area (Å²) in [6.07, 6.45) is 7.05. The highest BCUT2D eigenvalue weighted by Gasteiger charge is 2.01. The van der Waals surface area contributed by atoms with Gasteiger partial charge in [0.1, 0.15) is 0 Å². The van der Waals surface area contributed by atoms with Gasteiger partial charge in [-0.2, -0.15) is 0 Å². The number of carboxylic acids is 1. The predicted molar refractivity (Wildman–Crippen MR) is 69.1 cm³/mol. The molecule has 1 aromatic heterocycles. The molecule has 0 radical (unpaired) electrons. The van der Waals surface area contributed by atoms with E-state index in [0.29, 0.717) is 5.57 Å². The second-order valence-electron chi connectivity index (χ2n) is 4.11. The number of aromatic nitrogens is 2. The number of hydrogen-bond acceptors (Lipinski definition) is 2. The monoisotopic (exact) mass is 242 g/mol. The number of aliphatic carboxylic acids is 1. The van der Waals surface area contributed by atoms with Gasteiger partial charge in [-0.05, 0) is 30.2 Å². The molecule has 0 atom stereocenters. The summed E-state index contributed by atoms with van der Waals surface area (Å²) in [5.74, 6) is -0.894. The Morgan fingerprint density at radius 2 is 2.33 bits per heavy atom. The van der Waals surface area contributed by atoms with Gasteiger partial charge in [0.25, 0.3) is 0 Å². The molecule has 0 unspecified atom stereocenters. The molecule has 4 nitrogen and oxygen atoms in total. The molecule has 0 aliphatic rings. The van der Waals surface area contributed by atoms with Crippen molar-refractivity contribution in [3.63, 3.8) is 0 Å². The minimum absolute atomic E-state index is 0.329. The molecule has 0 aliphatic heterocycles. The number of carbonyl (C=O) groups is 1. The molecular weight excluding hydrogens is 228 g/mol. The molecule has 4 heteroatoms. The van der Waals surface area contributed by atoms with Crippen molar-refractivity contribution in [1.82, 2.24) is 9.55 Å². The number of nitrogens with zero attached hydrogens (tertiary/aromatic N) is 2. The van der Waals surface area contributed by atoms with E-state index in [1.807, 2.05) is 35.0 Å². The summed E-state index contributed by atoms with van der Waals surface area (Å²) in [4.78, 5) is 14.7. The van der Waals surface area contributed by atoms with Gasteiger partial charge in [-0.15, -0.1) is 0 Å². The van der Waals surface area contributed by atoms with Gasteiger partial charge in [0, 0.05) is 24.5 Å². The van der Waals surface area contributed by atoms with Gasteiger partial charge in [0.05, 0.1) is 6.33 Å². The maximum absolute atomic E-state index is 10.8. The molecule has 18 heavy (non-hydrogen) atoms. The maximum atomic E-state index is 10.8. The average Bonchev–Trinajstić information content (AvgIpc) is 2.82. The highest BCUT2D eigenvalue weighted by molar-refractivity contribution is 5.91. The molecule has 92 valence electrons. The van der Waals surface area contributed by atoms with E-state index in [2.05, 4.69) is 4.98 Å². The molecule has 0 aliphatic carbocycles. The molecule has 0 saturated carbocycles. The van der Waals surface area contributed by atoms with E-state index < -0.39 is 5.97 Å². The second kappa shape index (κ2) is 5.31. The fourth-order valence-electron chi connectivity index (χ4n) is 1.68. The highest BCUT2D eigenvalue weighted by Crippen LogP contribution is 2.11. The first-order valence-electron chi connectivity index (χ1n) is 5.61. The van der Waals surface area contributed by atoms with E-state index in [1.54, 1.807) is 25.5 Å². The molecule has 2 rings (SSSR count). The Morgan fingerprint density at radius 3 is 3.00 bits per heavy atom. The van der Waals surface area contributed by atoms with E-state index >= 15 is 0 Å². The smallest absolute Gasteiger partial charge is 0.331 e. The molecule has 0 saturated heterocycles. The summed E-state index contributed by atoms with van der Waals surface area (Å²) in [6.45, 7) is 2.32. The Hall–Kier alpha value is -2.36. The first-order chi connectivity index (χ1) is 8.65. The van der Waals surface area contributed by atoms with E-state index in [4.69, 9.17) is 5.11 Å². The highest BCUT2D eigenvalue weighted by atomic mass is 16.4. The van der Waals surface area contributed by atoms with Crippen molar-refractivity contribution >= 4 is 12.0 Å². The van der Waals surface area contributed by atoms with Gasteiger partial charge in [0.15, 0.2) is 0 Å². The first kappa shape index (κ1) is 12.1. The van der Waals surface area contributed by atoms with Crippen LogP contribution in [0.5, 0.6) is 0 Å². The Labute approximate surface area is 105 Å². The van der Waals surface area contributed by atoms with E-state index in [-0.39, 0.29) is 0 Å². The van der Waals surface area contributed by atoms with Crippen molar-refractivity contribution in [2.24, 2.45) is 0 Å². The van der Waals surface area contributed by atoms with Crippen LogP contribution in [0.3, 0.4) is 0 Å². The first-order valence-corrected chi connectivity index (χ1v) is 5.61. The van der Waals surface area contributed by atoms with Crippen molar-refractivity contribution in [3.05, 3.63) is 59.7 Å². The van der Waals surface area contributed by atoms with Crippen LogP contribution in [-0.2, 0) is 11.3 Å². The van der Waals surface area contributed by atoms with Crippen LogP contribution in [0, 0.1) is 0 Å². The van der Waals surface area contributed by atoms with Gasteiger partial charge in [0.2, 0.25) is 0 Å². The van der Waals surface area contributed by atoms with Gasteiger partial charge in [-0.3, -0.25) is 0 Å². The van der Waals surface area contributed by atoms with Crippen molar-refractivity contribution < 1.29 is 9.90 Å². The summed E-state index contributed by atoms with van der Waals surface area (Å²) >= 11 is 0. The minimum atomic E-state index is -0.894. The lowest BCUT2D eigenvalue weighted by atomic mass is 10.1. The third-order valence-corrected chi connectivity index (χ3v) is 2.60. The van der Waals surface area contributed by atoms with Gasteiger partial charge in [-0.25, -0.2) is 9.78 Å². The zero-order valence-corrected chi connectivity index (χ0v) is 10.1. The van der Waals surface area contributed by atoms with Crippen LogP contribution in [0.4, 0.5) is 0 Å². The zero-order chi connectivity index (χ0) is 13.0. The zero-order valence-electron chi connectivity index (χ0n) is 10.1. The van der Waals surface area contributed by atoms with Gasteiger partial charge in [-0.1, -0.05) is 18.2 Å². The van der Waals surface area contributed by atoms with Crippen molar-refractivity contribution in [2.45, 2.75) is 13.5 Å². The summed E-state index contributed by atoms with van der Waals surface area (Å²) in [5.41, 5.74) is 2.34. The van der Waals surface area contributed by atoms with E-state index in [0.717, 1.165) is 17.7 Å². The third kappa shape index (κ3) is 3.07. The lowest BCUT2D eigenvalue weighted by molar-refractivity contribution is -0.132. The van der Waals surface area contributed by atoms with Crippen LogP contribution >= 0.6 is 0 Å². The Morgan fingerprint density at radius 1 is 1.50 bits per heavy atom. The lowest BCUT2D eigenvalue weighted by Gasteiger charge is -2.04. The molecule has 0 fully saturated rings. The third-order valence-electron chi connectivity index (χ3n) is 2.60. The average molecular weight is 242 g/mol. The molecule has 1 N–H and O–H groups in total. The molecule has 2 aromatic rings. The lowest BCUT2D eigenvalue weighted by Crippen LogP contribution is -1.97. The van der Waals surface area contributed by atoms with E-state index in [9.17, 15) is 4.79 Å². The number of carboxylic acid groups (broad SMARTS) is 1. The largest absolute Gasteiger partial charge is 0.478 e. The summed E-state index contributed by atoms with van der Waals surface area (Å²) in [7, 11) is 0. The summed E-state index contributed by atoms with van der Waals surface area (Å²) in [6, 6.07) is 7.80. The topological polar surface area (TPSA) is 55.1 Å². The van der Waals surface area contributed by atoms with Crippen LogP contribution in [0.2, 0.25) is 0 Å². The predicted octanol–water partition coefficient (Wildman–Crippen LogP) is 2.42. The molecular formula is C14H14N2O2. The van der Waals surface area contributed by atoms with Crippen LogP contribution in [0.15, 0.2) is 48.6 Å². The van der Waals surface area contributed by atoms with Gasteiger partial charge >= 0.3 is 5.97 Å². The fraction of sp³-hybridized carbons (Fsp3) is 0.143. The molecule has 0 spiro atoms. The van der Waals surface area contributed by atoms with Gasteiger partial charge < -0.3 is 9.67 Å². The normalized spacial score (nSPS) is 11.5. The number of imidazole rings is 1. The molecule has 1 heterocycles. The quantitative estimate of drug-likeness (QED) is 0.838. The van der Waals surface area contributed by atoms with Crippen molar-refractivity contribution in [3.8, 4) is 0 Å². The van der Waals surface area contributed by atoms with Crippen LogP contribution in [0.1, 0.15) is 18.1 Å². The van der Waals surface area contributed by atoms with Crippen LogP contribution in [0.25, 0.3) is 6.08 Å². The number of rotatable bonds is 4. The van der Waals surface area contributed by atoms with Crippen molar-refractivity contribution in [2.75, 3.05) is 0 Å². The number of benzene rings is 1.